The van der Waals surface area contributed by atoms with Gasteiger partial charge in [-0.3, -0.25) is 0 Å². The summed E-state index contributed by atoms with van der Waals surface area (Å²) in [6, 6.07) is 69.0. The molecule has 0 saturated carbocycles. The van der Waals surface area contributed by atoms with Crippen molar-refractivity contribution in [3.05, 3.63) is 194 Å². The van der Waals surface area contributed by atoms with E-state index in [-0.39, 0.29) is 0 Å². The lowest BCUT2D eigenvalue weighted by Crippen LogP contribution is -1.93. The third-order valence-electron chi connectivity index (χ3n) is 10.3. The van der Waals surface area contributed by atoms with E-state index in [1.54, 1.807) is 0 Å². The van der Waals surface area contributed by atoms with Crippen LogP contribution in [0.25, 0.3) is 88.4 Å². The minimum Gasteiger partial charge on any atom is -0.309 e. The van der Waals surface area contributed by atoms with Crippen molar-refractivity contribution in [3.8, 4) is 50.8 Å². The normalized spacial score (nSPS) is 11.4. The zero-order valence-corrected chi connectivity index (χ0v) is 28.2. The molecule has 0 bridgehead atoms. The lowest BCUT2D eigenvalue weighted by molar-refractivity contribution is 1.18. The van der Waals surface area contributed by atoms with E-state index in [9.17, 15) is 5.26 Å². The van der Waals surface area contributed by atoms with Crippen molar-refractivity contribution in [2.24, 2.45) is 0 Å². The van der Waals surface area contributed by atoms with Crippen LogP contribution >= 0.6 is 0 Å². The summed E-state index contributed by atoms with van der Waals surface area (Å²) < 4.78 is 4.67. The summed E-state index contributed by atoms with van der Waals surface area (Å²) in [5, 5.41) is 15.0. The van der Waals surface area contributed by atoms with Crippen LogP contribution in [0.1, 0.15) is 5.56 Å². The van der Waals surface area contributed by atoms with Gasteiger partial charge in [0, 0.05) is 32.9 Å². The predicted molar refractivity (Wildman–Crippen MR) is 216 cm³/mol. The van der Waals surface area contributed by atoms with Gasteiger partial charge in [-0.2, -0.15) is 5.26 Å². The highest BCUT2D eigenvalue weighted by atomic mass is 15.0. The zero-order chi connectivity index (χ0) is 34.6. The fraction of sp³-hybridized carbons (Fsp3) is 0. The van der Waals surface area contributed by atoms with Gasteiger partial charge >= 0.3 is 0 Å². The van der Waals surface area contributed by atoms with Crippen molar-refractivity contribution in [2.75, 3.05) is 0 Å². The number of nitrogens with zero attached hydrogens (tertiary/aromatic N) is 3. The van der Waals surface area contributed by atoms with E-state index in [4.69, 9.17) is 0 Å². The zero-order valence-electron chi connectivity index (χ0n) is 28.2. The van der Waals surface area contributed by atoms with Crippen LogP contribution in [0.2, 0.25) is 0 Å². The molecule has 0 saturated heterocycles. The number of benzene rings is 8. The monoisotopic (exact) mass is 661 g/mol. The average Bonchev–Trinajstić information content (AvgIpc) is 3.73. The molecular formula is C49H31N3. The third-order valence-corrected chi connectivity index (χ3v) is 10.3. The third kappa shape index (κ3) is 4.81. The van der Waals surface area contributed by atoms with Crippen molar-refractivity contribution < 1.29 is 0 Å². The SMILES string of the molecule is N#Cc1cc(-c2ccc(-c3ccc4c(c3)c3ccccc3n4-c3ccccc3)cc2)cc(-c2ccc3c(c2)c2ccccc2n3-c2ccccc2)c1. The Kier molecular flexibility index (Phi) is 6.87. The molecule has 242 valence electrons. The van der Waals surface area contributed by atoms with Gasteiger partial charge < -0.3 is 9.13 Å². The molecule has 0 radical (unpaired) electrons. The molecule has 0 N–H and O–H groups in total. The molecule has 0 aliphatic carbocycles. The Bertz CT molecular complexity index is 3000. The Morgan fingerprint density at radius 3 is 1.19 bits per heavy atom. The van der Waals surface area contributed by atoms with E-state index in [1.807, 2.05) is 12.1 Å². The highest BCUT2D eigenvalue weighted by Gasteiger charge is 2.15. The summed E-state index contributed by atoms with van der Waals surface area (Å²) in [6.45, 7) is 0. The van der Waals surface area contributed by atoms with Crippen LogP contribution in [0.5, 0.6) is 0 Å². The fourth-order valence-electron chi connectivity index (χ4n) is 7.90. The topological polar surface area (TPSA) is 33.6 Å². The maximum Gasteiger partial charge on any atom is 0.0992 e. The van der Waals surface area contributed by atoms with Gasteiger partial charge in [0.15, 0.2) is 0 Å². The standard InChI is InChI=1S/C49H31N3/c50-32-33-27-38(29-39(28-33)37-24-26-49-45(31-37)43-16-8-10-18-47(43)52(49)41-13-5-2-6-14-41)35-21-19-34(20-22-35)36-23-25-48-44(30-36)42-15-7-9-17-46(42)51(48)40-11-3-1-4-12-40/h1-31H. The molecule has 0 atom stereocenters. The first kappa shape index (κ1) is 29.7. The molecular weight excluding hydrogens is 631 g/mol. The lowest BCUT2D eigenvalue weighted by atomic mass is 9.94. The number of para-hydroxylation sites is 4. The molecule has 3 heteroatoms. The second-order valence-electron chi connectivity index (χ2n) is 13.3. The maximum absolute atomic E-state index is 10.1. The van der Waals surface area contributed by atoms with Gasteiger partial charge in [0.2, 0.25) is 0 Å². The Morgan fingerprint density at radius 1 is 0.308 bits per heavy atom. The maximum atomic E-state index is 10.1. The molecule has 0 fully saturated rings. The smallest absolute Gasteiger partial charge is 0.0992 e. The van der Waals surface area contributed by atoms with E-state index in [0.717, 1.165) is 44.7 Å². The summed E-state index contributed by atoms with van der Waals surface area (Å²) in [5.41, 5.74) is 14.2. The van der Waals surface area contributed by atoms with E-state index in [0.29, 0.717) is 5.56 Å². The van der Waals surface area contributed by atoms with Crippen molar-refractivity contribution in [2.45, 2.75) is 0 Å². The van der Waals surface area contributed by atoms with Crippen molar-refractivity contribution in [1.29, 1.82) is 5.26 Å². The van der Waals surface area contributed by atoms with Crippen LogP contribution in [0.4, 0.5) is 0 Å². The molecule has 8 aromatic carbocycles. The molecule has 0 unspecified atom stereocenters. The molecule has 2 aromatic heterocycles. The first-order chi connectivity index (χ1) is 25.7. The second kappa shape index (κ2) is 12.0. The fourth-order valence-corrected chi connectivity index (χ4v) is 7.90. The van der Waals surface area contributed by atoms with Crippen LogP contribution in [-0.4, -0.2) is 9.13 Å². The van der Waals surface area contributed by atoms with Gasteiger partial charge in [-0.05, 0) is 112 Å². The molecule has 10 aromatic rings. The second-order valence-corrected chi connectivity index (χ2v) is 13.3. The largest absolute Gasteiger partial charge is 0.309 e. The van der Waals surface area contributed by atoms with Gasteiger partial charge in [0.05, 0.1) is 33.7 Å². The number of nitriles is 1. The first-order valence-electron chi connectivity index (χ1n) is 17.6. The van der Waals surface area contributed by atoms with Gasteiger partial charge in [-0.15, -0.1) is 0 Å². The first-order valence-corrected chi connectivity index (χ1v) is 17.6. The van der Waals surface area contributed by atoms with Crippen LogP contribution in [-0.2, 0) is 0 Å². The minimum absolute atomic E-state index is 0.642. The minimum atomic E-state index is 0.642. The molecule has 0 amide bonds. The predicted octanol–water partition coefficient (Wildman–Crippen LogP) is 12.8. The van der Waals surface area contributed by atoms with E-state index >= 15 is 0 Å². The summed E-state index contributed by atoms with van der Waals surface area (Å²) in [5.74, 6) is 0. The number of fused-ring (bicyclic) bond motifs is 6. The molecule has 0 spiro atoms. The molecule has 0 aliphatic rings. The van der Waals surface area contributed by atoms with E-state index < -0.39 is 0 Å². The highest BCUT2D eigenvalue weighted by molar-refractivity contribution is 6.11. The number of aromatic nitrogens is 2. The summed E-state index contributed by atoms with van der Waals surface area (Å²) in [7, 11) is 0. The van der Waals surface area contributed by atoms with Crippen LogP contribution in [0, 0.1) is 11.3 Å². The average molecular weight is 662 g/mol. The number of hydrogen-bond donors (Lipinski definition) is 0. The van der Waals surface area contributed by atoms with E-state index in [1.165, 1.54) is 43.7 Å². The van der Waals surface area contributed by atoms with E-state index in [2.05, 4.69) is 191 Å². The summed E-state index contributed by atoms with van der Waals surface area (Å²) >= 11 is 0. The quantitative estimate of drug-likeness (QED) is 0.181. The molecule has 10 rings (SSSR count). The Labute approximate surface area is 301 Å². The van der Waals surface area contributed by atoms with Gasteiger partial charge in [0.1, 0.15) is 0 Å². The van der Waals surface area contributed by atoms with Crippen LogP contribution in [0.15, 0.2) is 188 Å². The molecule has 3 nitrogen and oxygen atoms in total. The highest BCUT2D eigenvalue weighted by Crippen LogP contribution is 2.38. The van der Waals surface area contributed by atoms with Gasteiger partial charge in [0.25, 0.3) is 0 Å². The van der Waals surface area contributed by atoms with Gasteiger partial charge in [-0.1, -0.05) is 109 Å². The Balaban J connectivity index is 1.03. The van der Waals surface area contributed by atoms with Crippen molar-refractivity contribution in [1.82, 2.24) is 9.13 Å². The number of rotatable bonds is 5. The Hall–Kier alpha value is -7.15. The lowest BCUT2D eigenvalue weighted by Gasteiger charge is -2.11. The van der Waals surface area contributed by atoms with Crippen LogP contribution in [0.3, 0.4) is 0 Å². The van der Waals surface area contributed by atoms with Crippen molar-refractivity contribution >= 4 is 43.6 Å². The summed E-state index contributed by atoms with van der Waals surface area (Å²) in [4.78, 5) is 0. The molecule has 52 heavy (non-hydrogen) atoms. The van der Waals surface area contributed by atoms with Gasteiger partial charge in [-0.25, -0.2) is 0 Å². The van der Waals surface area contributed by atoms with Crippen molar-refractivity contribution in [3.63, 3.8) is 0 Å². The Morgan fingerprint density at radius 2 is 0.692 bits per heavy atom. The van der Waals surface area contributed by atoms with Crippen LogP contribution < -0.4 is 0 Å². The number of hydrogen-bond acceptors (Lipinski definition) is 1. The summed E-state index contributed by atoms with van der Waals surface area (Å²) in [6.07, 6.45) is 0. The molecule has 0 aliphatic heterocycles. The molecule has 2 heterocycles.